The fraction of sp³-hybridized carbons (Fsp3) is 0.462. The monoisotopic (exact) mass is 300 g/mol. The summed E-state index contributed by atoms with van der Waals surface area (Å²) in [6.07, 6.45) is 1.30. The van der Waals surface area contributed by atoms with E-state index in [1.165, 1.54) is 6.92 Å². The Kier molecular flexibility index (Phi) is 5.97. The molecule has 1 rings (SSSR count). The molecule has 0 aromatic heterocycles. The van der Waals surface area contributed by atoms with Crippen molar-refractivity contribution >= 4 is 21.7 Å². The van der Waals surface area contributed by atoms with Crippen molar-refractivity contribution in [2.45, 2.75) is 19.4 Å². The number of benzene rings is 1. The van der Waals surface area contributed by atoms with Gasteiger partial charge in [0.15, 0.2) is 0 Å². The van der Waals surface area contributed by atoms with Gasteiger partial charge in [-0.15, -0.1) is 0 Å². The van der Waals surface area contributed by atoms with E-state index < -0.39 is 16.1 Å². The SMILES string of the molecule is CNCCC(OC(C)=O)c1cccc(NS(C)(=O)=O)c1. The van der Waals surface area contributed by atoms with Gasteiger partial charge in [-0.05, 0) is 31.3 Å². The van der Waals surface area contributed by atoms with E-state index in [1.807, 2.05) is 7.05 Å². The van der Waals surface area contributed by atoms with Crippen LogP contribution in [0.3, 0.4) is 0 Å². The Bertz CT molecular complexity index is 557. The zero-order valence-corrected chi connectivity index (χ0v) is 12.7. The summed E-state index contributed by atoms with van der Waals surface area (Å²) in [5.41, 5.74) is 1.20. The quantitative estimate of drug-likeness (QED) is 0.741. The van der Waals surface area contributed by atoms with Gasteiger partial charge in [-0.1, -0.05) is 12.1 Å². The first-order valence-corrected chi connectivity index (χ1v) is 8.10. The minimum atomic E-state index is -3.33. The summed E-state index contributed by atoms with van der Waals surface area (Å²) >= 11 is 0. The molecular formula is C13H20N2O4S. The van der Waals surface area contributed by atoms with Gasteiger partial charge in [0.2, 0.25) is 10.0 Å². The van der Waals surface area contributed by atoms with Gasteiger partial charge in [-0.2, -0.15) is 0 Å². The molecule has 1 atom stereocenters. The number of hydrogen-bond donors (Lipinski definition) is 2. The number of rotatable bonds is 7. The van der Waals surface area contributed by atoms with E-state index in [4.69, 9.17) is 4.74 Å². The molecule has 0 fully saturated rings. The maximum atomic E-state index is 11.2. The predicted molar refractivity (Wildman–Crippen MR) is 78.0 cm³/mol. The Balaban J connectivity index is 2.95. The summed E-state index contributed by atoms with van der Waals surface area (Å²) in [6, 6.07) is 6.84. The van der Waals surface area contributed by atoms with Crippen LogP contribution in [0.2, 0.25) is 0 Å². The Morgan fingerprint density at radius 2 is 2.10 bits per heavy atom. The van der Waals surface area contributed by atoms with Crippen LogP contribution in [-0.2, 0) is 19.6 Å². The molecule has 0 saturated heterocycles. The predicted octanol–water partition coefficient (Wildman–Crippen LogP) is 1.27. The van der Waals surface area contributed by atoms with E-state index in [0.717, 1.165) is 11.8 Å². The molecule has 112 valence electrons. The van der Waals surface area contributed by atoms with Gasteiger partial charge in [-0.25, -0.2) is 8.42 Å². The standard InChI is InChI=1S/C13H20N2O4S/c1-10(16)19-13(7-8-14-2)11-5-4-6-12(9-11)15-20(3,17)18/h4-6,9,13-15H,7-8H2,1-3H3. The van der Waals surface area contributed by atoms with Crippen LogP contribution in [0.5, 0.6) is 0 Å². The molecule has 0 aliphatic rings. The molecule has 0 radical (unpaired) electrons. The van der Waals surface area contributed by atoms with Gasteiger partial charge in [-0.3, -0.25) is 9.52 Å². The second-order valence-electron chi connectivity index (χ2n) is 4.49. The van der Waals surface area contributed by atoms with Gasteiger partial charge in [0.1, 0.15) is 6.10 Å². The van der Waals surface area contributed by atoms with Crippen LogP contribution < -0.4 is 10.0 Å². The summed E-state index contributed by atoms with van der Waals surface area (Å²) < 4.78 is 30.1. The van der Waals surface area contributed by atoms with Crippen LogP contribution in [0.1, 0.15) is 25.0 Å². The summed E-state index contributed by atoms with van der Waals surface area (Å²) in [5.74, 6) is -0.368. The molecule has 1 unspecified atom stereocenters. The molecule has 0 aliphatic carbocycles. The third-order valence-electron chi connectivity index (χ3n) is 2.53. The van der Waals surface area contributed by atoms with Gasteiger partial charge in [0, 0.05) is 19.0 Å². The number of nitrogens with one attached hydrogen (secondary N) is 2. The van der Waals surface area contributed by atoms with Crippen molar-refractivity contribution in [1.29, 1.82) is 0 Å². The second kappa shape index (κ2) is 7.25. The van der Waals surface area contributed by atoms with E-state index in [-0.39, 0.29) is 5.97 Å². The lowest BCUT2D eigenvalue weighted by Gasteiger charge is -2.18. The molecule has 0 aliphatic heterocycles. The van der Waals surface area contributed by atoms with Gasteiger partial charge < -0.3 is 10.1 Å². The molecule has 1 aromatic rings. The smallest absolute Gasteiger partial charge is 0.303 e. The van der Waals surface area contributed by atoms with Crippen molar-refractivity contribution in [1.82, 2.24) is 5.32 Å². The van der Waals surface area contributed by atoms with Crippen molar-refractivity contribution in [3.05, 3.63) is 29.8 Å². The zero-order valence-electron chi connectivity index (χ0n) is 11.8. The second-order valence-corrected chi connectivity index (χ2v) is 6.24. The summed E-state index contributed by atoms with van der Waals surface area (Å²) in [4.78, 5) is 11.2. The van der Waals surface area contributed by atoms with Crippen LogP contribution in [0.15, 0.2) is 24.3 Å². The molecule has 0 heterocycles. The molecule has 0 bridgehead atoms. The summed E-state index contributed by atoms with van der Waals surface area (Å²) in [6.45, 7) is 2.03. The van der Waals surface area contributed by atoms with Gasteiger partial charge in [0.05, 0.1) is 6.26 Å². The number of hydrogen-bond acceptors (Lipinski definition) is 5. The van der Waals surface area contributed by atoms with Crippen molar-refractivity contribution in [2.24, 2.45) is 0 Å². The molecule has 20 heavy (non-hydrogen) atoms. The number of esters is 1. The molecule has 7 heteroatoms. The van der Waals surface area contributed by atoms with Crippen molar-refractivity contribution in [3.8, 4) is 0 Å². The summed E-state index contributed by atoms with van der Waals surface area (Å²) in [5, 5.41) is 2.99. The lowest BCUT2D eigenvalue weighted by Crippen LogP contribution is -2.16. The number of carbonyl (C=O) groups excluding carboxylic acids is 1. The van der Waals surface area contributed by atoms with Gasteiger partial charge in [0.25, 0.3) is 0 Å². The molecule has 0 saturated carbocycles. The Morgan fingerprint density at radius 1 is 1.40 bits per heavy atom. The Labute approximate surface area is 119 Å². The minimum absolute atomic E-state index is 0.368. The first-order chi connectivity index (χ1) is 9.31. The lowest BCUT2D eigenvalue weighted by molar-refractivity contribution is -0.147. The van der Waals surface area contributed by atoms with Crippen molar-refractivity contribution in [2.75, 3.05) is 24.6 Å². The van der Waals surface area contributed by atoms with Crippen LogP contribution in [-0.4, -0.2) is 34.2 Å². The molecule has 0 spiro atoms. The largest absolute Gasteiger partial charge is 0.458 e. The molecule has 0 amide bonds. The molecule has 1 aromatic carbocycles. The fourth-order valence-electron chi connectivity index (χ4n) is 1.79. The van der Waals surface area contributed by atoms with E-state index >= 15 is 0 Å². The van der Waals surface area contributed by atoms with E-state index in [2.05, 4.69) is 10.0 Å². The van der Waals surface area contributed by atoms with E-state index in [0.29, 0.717) is 18.7 Å². The van der Waals surface area contributed by atoms with Crippen LogP contribution in [0.25, 0.3) is 0 Å². The normalized spacial score (nSPS) is 12.8. The average molecular weight is 300 g/mol. The van der Waals surface area contributed by atoms with Crippen molar-refractivity contribution < 1.29 is 17.9 Å². The molecule has 6 nitrogen and oxygen atoms in total. The molecule has 2 N–H and O–H groups in total. The highest BCUT2D eigenvalue weighted by molar-refractivity contribution is 7.92. The minimum Gasteiger partial charge on any atom is -0.458 e. The first-order valence-electron chi connectivity index (χ1n) is 6.21. The highest BCUT2D eigenvalue weighted by atomic mass is 32.2. The van der Waals surface area contributed by atoms with Crippen LogP contribution in [0, 0.1) is 0 Å². The third kappa shape index (κ3) is 6.03. The average Bonchev–Trinajstić information content (AvgIpc) is 2.32. The topological polar surface area (TPSA) is 84.5 Å². The number of carbonyl (C=O) groups is 1. The highest BCUT2D eigenvalue weighted by Gasteiger charge is 2.15. The van der Waals surface area contributed by atoms with Gasteiger partial charge >= 0.3 is 5.97 Å². The number of anilines is 1. The zero-order chi connectivity index (χ0) is 15.2. The Hall–Kier alpha value is -1.60. The molecular weight excluding hydrogens is 280 g/mol. The lowest BCUT2D eigenvalue weighted by atomic mass is 10.1. The van der Waals surface area contributed by atoms with Crippen LogP contribution in [0.4, 0.5) is 5.69 Å². The van der Waals surface area contributed by atoms with Crippen molar-refractivity contribution in [3.63, 3.8) is 0 Å². The van der Waals surface area contributed by atoms with Crippen LogP contribution >= 0.6 is 0 Å². The highest BCUT2D eigenvalue weighted by Crippen LogP contribution is 2.24. The maximum Gasteiger partial charge on any atom is 0.303 e. The van der Waals surface area contributed by atoms with E-state index in [1.54, 1.807) is 24.3 Å². The number of ether oxygens (including phenoxy) is 1. The maximum absolute atomic E-state index is 11.2. The number of sulfonamides is 1. The third-order valence-corrected chi connectivity index (χ3v) is 3.13. The Morgan fingerprint density at radius 3 is 2.65 bits per heavy atom. The van der Waals surface area contributed by atoms with E-state index in [9.17, 15) is 13.2 Å². The summed E-state index contributed by atoms with van der Waals surface area (Å²) in [7, 11) is -1.52. The fourth-order valence-corrected chi connectivity index (χ4v) is 2.34. The first kappa shape index (κ1) is 16.5.